The fourth-order valence-electron chi connectivity index (χ4n) is 4.55. The number of piperidine rings is 1. The van der Waals surface area contributed by atoms with E-state index in [1.165, 1.54) is 6.92 Å². The number of amides is 3. The smallest absolute Gasteiger partial charge is 0.410 e. The Morgan fingerprint density at radius 3 is 2.03 bits per heavy atom. The largest absolute Gasteiger partial charge is 0.480 e. The minimum atomic E-state index is -1.16. The molecule has 2 aromatic carbocycles. The van der Waals surface area contributed by atoms with E-state index in [0.717, 1.165) is 11.1 Å². The Labute approximate surface area is 223 Å². The van der Waals surface area contributed by atoms with Gasteiger partial charge in [0.15, 0.2) is 0 Å². The van der Waals surface area contributed by atoms with Gasteiger partial charge in [0.25, 0.3) is 0 Å². The summed E-state index contributed by atoms with van der Waals surface area (Å²) in [6.45, 7) is 7.57. The molecular formula is C29H37N3O6. The van der Waals surface area contributed by atoms with Crippen LogP contribution in [-0.4, -0.2) is 64.7 Å². The highest BCUT2D eigenvalue weighted by atomic mass is 16.6. The number of nitrogens with zero attached hydrogens (tertiary/aromatic N) is 1. The normalized spacial score (nSPS) is 16.6. The predicted molar refractivity (Wildman–Crippen MR) is 142 cm³/mol. The van der Waals surface area contributed by atoms with Gasteiger partial charge in [0.05, 0.1) is 5.41 Å². The molecule has 3 rings (SSSR count). The molecule has 2 atom stereocenters. The Morgan fingerprint density at radius 2 is 1.50 bits per heavy atom. The number of carbonyl (C=O) groups excluding carboxylic acids is 3. The van der Waals surface area contributed by atoms with Gasteiger partial charge in [-0.1, -0.05) is 60.7 Å². The van der Waals surface area contributed by atoms with Crippen LogP contribution < -0.4 is 10.6 Å². The molecule has 1 saturated heterocycles. The molecule has 9 nitrogen and oxygen atoms in total. The van der Waals surface area contributed by atoms with Crippen LogP contribution in [0.3, 0.4) is 0 Å². The number of carboxylic acids is 1. The van der Waals surface area contributed by atoms with Gasteiger partial charge in [-0.25, -0.2) is 9.59 Å². The highest BCUT2D eigenvalue weighted by Crippen LogP contribution is 2.36. The van der Waals surface area contributed by atoms with Crippen LogP contribution in [0, 0.1) is 0 Å². The van der Waals surface area contributed by atoms with Gasteiger partial charge in [-0.05, 0) is 51.7 Å². The molecule has 2 unspecified atom stereocenters. The van der Waals surface area contributed by atoms with Crippen LogP contribution in [0.5, 0.6) is 0 Å². The molecule has 1 aliphatic heterocycles. The third-order valence-electron chi connectivity index (χ3n) is 6.67. The number of carbonyl (C=O) groups is 4. The molecule has 9 heteroatoms. The summed E-state index contributed by atoms with van der Waals surface area (Å²) >= 11 is 0. The maximum atomic E-state index is 13.7. The van der Waals surface area contributed by atoms with Crippen molar-refractivity contribution < 1.29 is 29.0 Å². The molecule has 1 fully saturated rings. The summed E-state index contributed by atoms with van der Waals surface area (Å²) in [5.74, 6) is -2.09. The van der Waals surface area contributed by atoms with Crippen molar-refractivity contribution in [2.45, 2.75) is 70.1 Å². The van der Waals surface area contributed by atoms with Gasteiger partial charge >= 0.3 is 12.1 Å². The average molecular weight is 524 g/mol. The Hall–Kier alpha value is -3.88. The molecule has 1 aliphatic rings. The molecular weight excluding hydrogens is 486 g/mol. The van der Waals surface area contributed by atoms with E-state index in [9.17, 15) is 24.3 Å². The fraction of sp³-hybridized carbons (Fsp3) is 0.448. The lowest BCUT2D eigenvalue weighted by Crippen LogP contribution is -2.57. The summed E-state index contributed by atoms with van der Waals surface area (Å²) < 4.78 is 5.49. The monoisotopic (exact) mass is 523 g/mol. The minimum Gasteiger partial charge on any atom is -0.480 e. The van der Waals surface area contributed by atoms with E-state index in [-0.39, 0.29) is 12.3 Å². The van der Waals surface area contributed by atoms with Gasteiger partial charge in [0.1, 0.15) is 17.7 Å². The van der Waals surface area contributed by atoms with E-state index in [1.54, 1.807) is 49.9 Å². The summed E-state index contributed by atoms with van der Waals surface area (Å²) in [6.07, 6.45) is 0.395. The van der Waals surface area contributed by atoms with Gasteiger partial charge in [0.2, 0.25) is 11.8 Å². The molecule has 0 spiro atoms. The molecule has 2 aromatic rings. The van der Waals surface area contributed by atoms with Gasteiger partial charge in [-0.3, -0.25) is 9.59 Å². The molecule has 3 amide bonds. The van der Waals surface area contributed by atoms with Crippen molar-refractivity contribution in [1.29, 1.82) is 0 Å². The zero-order chi connectivity index (χ0) is 27.9. The van der Waals surface area contributed by atoms with E-state index < -0.39 is 41.1 Å². The Bertz CT molecular complexity index is 1120. The maximum absolute atomic E-state index is 13.7. The highest BCUT2D eigenvalue weighted by Gasteiger charge is 2.45. The standard InChI is InChI=1S/C29H37N3O6/c1-20(24(33)31-23(25(34)35)19-21-11-7-5-8-12-21)30-26(36)29(22-13-9-6-10-14-22)15-17-32(18-16-29)27(37)38-28(2,3)4/h5-14,20,23H,15-19H2,1-4H3,(H,30,36)(H,31,33)(H,34,35). The van der Waals surface area contributed by atoms with Crippen molar-refractivity contribution in [2.75, 3.05) is 13.1 Å². The number of carboxylic acid groups (broad SMARTS) is 1. The van der Waals surface area contributed by atoms with E-state index >= 15 is 0 Å². The average Bonchev–Trinajstić information content (AvgIpc) is 2.88. The zero-order valence-electron chi connectivity index (χ0n) is 22.4. The summed E-state index contributed by atoms with van der Waals surface area (Å²) in [4.78, 5) is 52.6. The van der Waals surface area contributed by atoms with Gasteiger partial charge < -0.3 is 25.4 Å². The first-order valence-corrected chi connectivity index (χ1v) is 12.8. The second kappa shape index (κ2) is 12.1. The lowest BCUT2D eigenvalue weighted by atomic mass is 9.72. The third-order valence-corrected chi connectivity index (χ3v) is 6.67. The van der Waals surface area contributed by atoms with Crippen molar-refractivity contribution in [3.8, 4) is 0 Å². The first-order valence-electron chi connectivity index (χ1n) is 12.8. The van der Waals surface area contributed by atoms with E-state index in [4.69, 9.17) is 4.74 Å². The summed E-state index contributed by atoms with van der Waals surface area (Å²) in [5, 5.41) is 15.0. The van der Waals surface area contributed by atoms with Crippen LogP contribution in [-0.2, 0) is 31.0 Å². The van der Waals surface area contributed by atoms with Crippen molar-refractivity contribution in [3.63, 3.8) is 0 Å². The van der Waals surface area contributed by atoms with Crippen molar-refractivity contribution in [1.82, 2.24) is 15.5 Å². The molecule has 204 valence electrons. The van der Waals surface area contributed by atoms with Gasteiger partial charge in [0, 0.05) is 19.5 Å². The lowest BCUT2D eigenvalue weighted by molar-refractivity contribution is -0.142. The van der Waals surface area contributed by atoms with Crippen molar-refractivity contribution in [3.05, 3.63) is 71.8 Å². The van der Waals surface area contributed by atoms with Crippen LogP contribution in [0.2, 0.25) is 0 Å². The SMILES string of the molecule is CC(NC(=O)C1(c2ccccc2)CCN(C(=O)OC(C)(C)C)CC1)C(=O)NC(Cc1ccccc1)C(=O)O. The highest BCUT2D eigenvalue weighted by molar-refractivity contribution is 5.94. The van der Waals surface area contributed by atoms with Crippen LogP contribution in [0.4, 0.5) is 4.79 Å². The second-order valence-electron chi connectivity index (χ2n) is 10.7. The molecule has 3 N–H and O–H groups in total. The Morgan fingerprint density at radius 1 is 0.947 bits per heavy atom. The number of nitrogens with one attached hydrogen (secondary N) is 2. The first-order chi connectivity index (χ1) is 17.9. The van der Waals surface area contributed by atoms with Crippen molar-refractivity contribution >= 4 is 23.9 Å². The molecule has 0 aliphatic carbocycles. The summed E-state index contributed by atoms with van der Waals surface area (Å²) in [6, 6.07) is 16.2. The van der Waals surface area contributed by atoms with Crippen LogP contribution in [0.25, 0.3) is 0 Å². The molecule has 0 aromatic heterocycles. The number of hydrogen-bond acceptors (Lipinski definition) is 5. The molecule has 38 heavy (non-hydrogen) atoms. The van der Waals surface area contributed by atoms with Gasteiger partial charge in [-0.2, -0.15) is 0 Å². The molecule has 0 bridgehead atoms. The number of rotatable bonds is 8. The predicted octanol–water partition coefficient (Wildman–Crippen LogP) is 3.27. The number of likely N-dealkylation sites (tertiary alicyclic amines) is 1. The molecule has 0 radical (unpaired) electrons. The maximum Gasteiger partial charge on any atom is 0.410 e. The minimum absolute atomic E-state index is 0.122. The second-order valence-corrected chi connectivity index (χ2v) is 10.7. The Balaban J connectivity index is 1.71. The summed E-state index contributed by atoms with van der Waals surface area (Å²) in [5.41, 5.74) is -0.0116. The third kappa shape index (κ3) is 7.34. The molecule has 1 heterocycles. The Kier molecular flexibility index (Phi) is 9.14. The topological polar surface area (TPSA) is 125 Å². The zero-order valence-corrected chi connectivity index (χ0v) is 22.4. The van der Waals surface area contributed by atoms with Crippen molar-refractivity contribution in [2.24, 2.45) is 0 Å². The number of hydrogen-bond donors (Lipinski definition) is 3. The fourth-order valence-corrected chi connectivity index (χ4v) is 4.55. The molecule has 0 saturated carbocycles. The quantitative estimate of drug-likeness (QED) is 0.488. The van der Waals surface area contributed by atoms with E-state index in [2.05, 4.69) is 10.6 Å². The number of benzene rings is 2. The van der Waals surface area contributed by atoms with Crippen LogP contribution in [0.1, 0.15) is 51.7 Å². The first kappa shape index (κ1) is 28.7. The number of ether oxygens (including phenoxy) is 1. The van der Waals surface area contributed by atoms with E-state index in [0.29, 0.717) is 25.9 Å². The number of aliphatic carboxylic acids is 1. The van der Waals surface area contributed by atoms with Crippen LogP contribution in [0.15, 0.2) is 60.7 Å². The van der Waals surface area contributed by atoms with E-state index in [1.807, 2.05) is 36.4 Å². The van der Waals surface area contributed by atoms with Gasteiger partial charge in [-0.15, -0.1) is 0 Å². The van der Waals surface area contributed by atoms with Crippen LogP contribution >= 0.6 is 0 Å². The summed E-state index contributed by atoms with van der Waals surface area (Å²) in [7, 11) is 0. The lowest BCUT2D eigenvalue weighted by Gasteiger charge is -2.41.